The second-order valence-corrected chi connectivity index (χ2v) is 7.27. The third-order valence-electron chi connectivity index (χ3n) is 2.96. The average molecular weight is 387 g/mol. The number of halogens is 1. The highest BCUT2D eigenvalue weighted by atomic mass is 35.5. The van der Waals surface area contributed by atoms with Crippen molar-refractivity contribution in [3.63, 3.8) is 0 Å². The molecule has 1 heterocycles. The highest BCUT2D eigenvalue weighted by Crippen LogP contribution is 2.31. The van der Waals surface area contributed by atoms with E-state index in [4.69, 9.17) is 25.3 Å². The maximum atomic E-state index is 12.5. The number of rotatable bonds is 6. The highest BCUT2D eigenvalue weighted by molar-refractivity contribution is 7.80. The minimum absolute atomic E-state index is 0.145. The van der Waals surface area contributed by atoms with Gasteiger partial charge in [0.2, 0.25) is 0 Å². The monoisotopic (exact) mass is 386 g/mol. The summed E-state index contributed by atoms with van der Waals surface area (Å²) >= 11 is 3.80. The SMILES string of the molecule is CC(C)(C)OC(=O)c1cc(NS(=O)O)c(Cl)cc1NCc1ccco1. The van der Waals surface area contributed by atoms with Crippen molar-refractivity contribution in [2.45, 2.75) is 32.9 Å². The van der Waals surface area contributed by atoms with Crippen LogP contribution in [0.3, 0.4) is 0 Å². The molecule has 2 aromatic rings. The first-order valence-electron chi connectivity index (χ1n) is 7.36. The number of nitrogens with one attached hydrogen (secondary N) is 2. The lowest BCUT2D eigenvalue weighted by molar-refractivity contribution is 0.00706. The fourth-order valence-corrected chi connectivity index (χ4v) is 2.61. The molecule has 25 heavy (non-hydrogen) atoms. The molecule has 0 amide bonds. The Morgan fingerprint density at radius 3 is 2.64 bits per heavy atom. The number of hydrogen-bond donors (Lipinski definition) is 3. The van der Waals surface area contributed by atoms with Crippen LogP contribution in [0.15, 0.2) is 34.9 Å². The van der Waals surface area contributed by atoms with E-state index in [0.717, 1.165) is 0 Å². The number of furan rings is 1. The molecule has 2 rings (SSSR count). The molecule has 136 valence electrons. The average Bonchev–Trinajstić information content (AvgIpc) is 2.98. The van der Waals surface area contributed by atoms with Crippen LogP contribution >= 0.6 is 11.6 Å². The van der Waals surface area contributed by atoms with E-state index >= 15 is 0 Å². The Balaban J connectivity index is 2.35. The topological polar surface area (TPSA) is 101 Å². The van der Waals surface area contributed by atoms with Gasteiger partial charge < -0.3 is 14.5 Å². The van der Waals surface area contributed by atoms with Crippen LogP contribution in [0.2, 0.25) is 5.02 Å². The van der Waals surface area contributed by atoms with Crippen molar-refractivity contribution in [2.24, 2.45) is 0 Å². The van der Waals surface area contributed by atoms with Gasteiger partial charge in [-0.2, -0.15) is 0 Å². The van der Waals surface area contributed by atoms with Gasteiger partial charge in [-0.05, 0) is 45.0 Å². The molecule has 9 heteroatoms. The summed E-state index contributed by atoms with van der Waals surface area (Å²) in [7, 11) is 0. The maximum absolute atomic E-state index is 12.5. The van der Waals surface area contributed by atoms with E-state index in [-0.39, 0.29) is 16.3 Å². The molecule has 0 fully saturated rings. The summed E-state index contributed by atoms with van der Waals surface area (Å²) in [6, 6.07) is 6.39. The van der Waals surface area contributed by atoms with Gasteiger partial charge in [0, 0.05) is 0 Å². The molecule has 0 saturated heterocycles. The molecule has 0 aliphatic heterocycles. The van der Waals surface area contributed by atoms with Crippen LogP contribution in [0.4, 0.5) is 11.4 Å². The van der Waals surface area contributed by atoms with Crippen molar-refractivity contribution in [1.29, 1.82) is 0 Å². The fourth-order valence-electron chi connectivity index (χ4n) is 1.99. The number of hydrogen-bond acceptors (Lipinski definition) is 5. The first kappa shape index (κ1) is 19.3. The smallest absolute Gasteiger partial charge is 0.340 e. The lowest BCUT2D eigenvalue weighted by Crippen LogP contribution is -2.24. The standard InChI is InChI=1S/C16H19ClN2O5S/c1-16(2,3)24-15(20)11-7-14(19-25(21)22)12(17)8-13(11)18-9-10-5-4-6-23-10/h4-8,18-19H,9H2,1-3H3,(H,21,22). The van der Waals surface area contributed by atoms with Gasteiger partial charge in [0.05, 0.1) is 34.8 Å². The van der Waals surface area contributed by atoms with Crippen molar-refractivity contribution >= 4 is 40.2 Å². The lowest BCUT2D eigenvalue weighted by Gasteiger charge is -2.21. The van der Waals surface area contributed by atoms with Crippen LogP contribution < -0.4 is 10.0 Å². The first-order valence-corrected chi connectivity index (χ1v) is 8.85. The molecule has 3 N–H and O–H groups in total. The number of carbonyl (C=O) groups excluding carboxylic acids is 1. The van der Waals surface area contributed by atoms with E-state index in [1.165, 1.54) is 12.1 Å². The van der Waals surface area contributed by atoms with Crippen LogP contribution in [0.25, 0.3) is 0 Å². The van der Waals surface area contributed by atoms with Gasteiger partial charge in [-0.25, -0.2) is 9.00 Å². The van der Waals surface area contributed by atoms with Crippen LogP contribution in [-0.4, -0.2) is 20.3 Å². The number of carbonyl (C=O) groups is 1. The van der Waals surface area contributed by atoms with Crippen molar-refractivity contribution in [3.8, 4) is 0 Å². The Bertz CT molecular complexity index is 772. The quantitative estimate of drug-likeness (QED) is 0.511. The fraction of sp³-hybridized carbons (Fsp3) is 0.312. The van der Waals surface area contributed by atoms with Gasteiger partial charge in [0.1, 0.15) is 11.4 Å². The zero-order valence-electron chi connectivity index (χ0n) is 14.0. The summed E-state index contributed by atoms with van der Waals surface area (Å²) in [6.45, 7) is 5.58. The van der Waals surface area contributed by atoms with Crippen LogP contribution in [-0.2, 0) is 22.5 Å². The first-order chi connectivity index (χ1) is 11.7. The van der Waals surface area contributed by atoms with Gasteiger partial charge in [-0.15, -0.1) is 0 Å². The minimum atomic E-state index is -2.32. The summed E-state index contributed by atoms with van der Waals surface area (Å²) < 4.78 is 32.9. The molecule has 0 spiro atoms. The van der Waals surface area contributed by atoms with Gasteiger partial charge in [-0.1, -0.05) is 11.6 Å². The van der Waals surface area contributed by atoms with E-state index < -0.39 is 22.8 Å². The van der Waals surface area contributed by atoms with Gasteiger partial charge >= 0.3 is 5.97 Å². The molecule has 1 atom stereocenters. The molecule has 0 radical (unpaired) electrons. The van der Waals surface area contributed by atoms with Crippen molar-refractivity contribution < 1.29 is 22.7 Å². The van der Waals surface area contributed by atoms with E-state index in [0.29, 0.717) is 18.0 Å². The summed E-state index contributed by atoms with van der Waals surface area (Å²) in [5.74, 6) is 0.0859. The van der Waals surface area contributed by atoms with E-state index in [9.17, 15) is 9.00 Å². The maximum Gasteiger partial charge on any atom is 0.340 e. The predicted molar refractivity (Wildman–Crippen MR) is 97.0 cm³/mol. The number of benzene rings is 1. The van der Waals surface area contributed by atoms with E-state index in [2.05, 4.69) is 10.0 Å². The summed E-state index contributed by atoms with van der Waals surface area (Å²) in [5, 5.41) is 3.24. The molecular formula is C16H19ClN2O5S. The molecule has 0 saturated carbocycles. The van der Waals surface area contributed by atoms with Gasteiger partial charge in [0.15, 0.2) is 0 Å². The number of ether oxygens (including phenoxy) is 1. The summed E-state index contributed by atoms with van der Waals surface area (Å²) in [5.41, 5.74) is 0.0539. The van der Waals surface area contributed by atoms with Crippen LogP contribution in [0.5, 0.6) is 0 Å². The number of esters is 1. The second kappa shape index (κ2) is 7.90. The zero-order chi connectivity index (χ0) is 18.6. The Labute approximate surface area is 153 Å². The summed E-state index contributed by atoms with van der Waals surface area (Å²) in [4.78, 5) is 12.5. The Hall–Kier alpha value is -2.03. The van der Waals surface area contributed by atoms with Crippen molar-refractivity contribution in [3.05, 3.63) is 46.9 Å². The number of anilines is 2. The minimum Gasteiger partial charge on any atom is -0.467 e. The molecule has 1 aromatic heterocycles. The van der Waals surface area contributed by atoms with Crippen molar-refractivity contribution in [2.75, 3.05) is 10.0 Å². The van der Waals surface area contributed by atoms with Crippen LogP contribution in [0.1, 0.15) is 36.9 Å². The van der Waals surface area contributed by atoms with E-state index in [1.807, 2.05) is 0 Å². The molecule has 1 aromatic carbocycles. The highest BCUT2D eigenvalue weighted by Gasteiger charge is 2.22. The Morgan fingerprint density at radius 2 is 2.08 bits per heavy atom. The van der Waals surface area contributed by atoms with Crippen LogP contribution in [0, 0.1) is 0 Å². The molecule has 0 aliphatic rings. The molecular weight excluding hydrogens is 368 g/mol. The van der Waals surface area contributed by atoms with Crippen molar-refractivity contribution in [1.82, 2.24) is 0 Å². The normalized spacial score (nSPS) is 12.5. The third-order valence-corrected chi connectivity index (χ3v) is 3.66. The largest absolute Gasteiger partial charge is 0.467 e. The zero-order valence-corrected chi connectivity index (χ0v) is 15.5. The Morgan fingerprint density at radius 1 is 1.36 bits per heavy atom. The molecule has 7 nitrogen and oxygen atoms in total. The lowest BCUT2D eigenvalue weighted by atomic mass is 10.1. The third kappa shape index (κ3) is 5.77. The second-order valence-electron chi connectivity index (χ2n) is 6.16. The molecule has 0 aliphatic carbocycles. The Kier molecular flexibility index (Phi) is 6.10. The van der Waals surface area contributed by atoms with E-state index in [1.54, 1.807) is 39.2 Å². The predicted octanol–water partition coefficient (Wildman–Crippen LogP) is 4.05. The molecule has 0 bridgehead atoms. The van der Waals surface area contributed by atoms with Gasteiger partial charge in [-0.3, -0.25) is 9.27 Å². The molecule has 1 unspecified atom stereocenters. The van der Waals surface area contributed by atoms with Gasteiger partial charge in [0.25, 0.3) is 11.3 Å². The summed E-state index contributed by atoms with van der Waals surface area (Å²) in [6.07, 6.45) is 1.54.